The molecule has 0 unspecified atom stereocenters. The van der Waals surface area contributed by atoms with Gasteiger partial charge in [-0.1, -0.05) is 31.0 Å². The summed E-state index contributed by atoms with van der Waals surface area (Å²) in [4.78, 5) is 14.7. The maximum atomic E-state index is 12.6. The van der Waals surface area contributed by atoms with E-state index in [9.17, 15) is 4.79 Å². The molecule has 0 spiro atoms. The van der Waals surface area contributed by atoms with E-state index in [-0.39, 0.29) is 11.4 Å². The molecule has 0 aromatic heterocycles. The zero-order chi connectivity index (χ0) is 12.6. The summed E-state index contributed by atoms with van der Waals surface area (Å²) in [6, 6.07) is 7.97. The van der Waals surface area contributed by atoms with Gasteiger partial charge in [0.15, 0.2) is 0 Å². The minimum absolute atomic E-state index is 0.0649. The molecule has 1 aromatic carbocycles. The van der Waals surface area contributed by atoms with Gasteiger partial charge in [0.25, 0.3) is 5.91 Å². The molecule has 3 nitrogen and oxygen atoms in total. The van der Waals surface area contributed by atoms with E-state index in [4.69, 9.17) is 5.73 Å². The third kappa shape index (κ3) is 1.65. The predicted molar refractivity (Wildman–Crippen MR) is 71.4 cm³/mol. The monoisotopic (exact) mass is 244 g/mol. The van der Waals surface area contributed by atoms with Gasteiger partial charge in [0.2, 0.25) is 0 Å². The van der Waals surface area contributed by atoms with E-state index < -0.39 is 0 Å². The van der Waals surface area contributed by atoms with Crippen molar-refractivity contribution in [2.24, 2.45) is 5.73 Å². The smallest absolute Gasteiger partial charge is 0.254 e. The standard InChI is InChI=1S/C15H20N2O/c16-11-15(8-3-4-9-15)17-10-7-12-5-1-2-6-13(12)14(17)18/h1-2,5-6H,3-4,7-11,16H2. The van der Waals surface area contributed by atoms with Gasteiger partial charge in [0.1, 0.15) is 0 Å². The van der Waals surface area contributed by atoms with Crippen molar-refractivity contribution in [1.82, 2.24) is 4.90 Å². The Bertz CT molecular complexity index is 463. The van der Waals surface area contributed by atoms with Gasteiger partial charge >= 0.3 is 0 Å². The van der Waals surface area contributed by atoms with Crippen LogP contribution in [0.2, 0.25) is 0 Å². The Morgan fingerprint density at radius 1 is 1.22 bits per heavy atom. The Labute approximate surface area is 108 Å². The Morgan fingerprint density at radius 3 is 2.67 bits per heavy atom. The van der Waals surface area contributed by atoms with Crippen LogP contribution in [0.25, 0.3) is 0 Å². The summed E-state index contributed by atoms with van der Waals surface area (Å²) in [5.74, 6) is 0.184. The van der Waals surface area contributed by atoms with Crippen LogP contribution < -0.4 is 5.73 Å². The molecule has 1 aromatic rings. The van der Waals surface area contributed by atoms with Gasteiger partial charge in [0, 0.05) is 18.7 Å². The Morgan fingerprint density at radius 2 is 1.94 bits per heavy atom. The average Bonchev–Trinajstić information content (AvgIpc) is 2.89. The summed E-state index contributed by atoms with van der Waals surface area (Å²) in [6.45, 7) is 1.42. The topological polar surface area (TPSA) is 46.3 Å². The summed E-state index contributed by atoms with van der Waals surface area (Å²) in [5.41, 5.74) is 7.99. The minimum atomic E-state index is -0.0649. The summed E-state index contributed by atoms with van der Waals surface area (Å²) in [6.07, 6.45) is 5.49. The third-order valence-corrected chi connectivity index (χ3v) is 4.58. The maximum Gasteiger partial charge on any atom is 0.254 e. The quantitative estimate of drug-likeness (QED) is 0.864. The maximum absolute atomic E-state index is 12.6. The van der Waals surface area contributed by atoms with Gasteiger partial charge in [-0.3, -0.25) is 4.79 Å². The molecule has 3 rings (SSSR count). The Balaban J connectivity index is 1.95. The normalized spacial score (nSPS) is 22.1. The van der Waals surface area contributed by atoms with Crippen LogP contribution in [-0.4, -0.2) is 29.4 Å². The van der Waals surface area contributed by atoms with Crippen LogP contribution in [0, 0.1) is 0 Å². The Kier molecular flexibility index (Phi) is 2.86. The first-order chi connectivity index (χ1) is 8.77. The number of amides is 1. The highest BCUT2D eigenvalue weighted by molar-refractivity contribution is 5.97. The lowest BCUT2D eigenvalue weighted by Gasteiger charge is -2.43. The largest absolute Gasteiger partial charge is 0.331 e. The fourth-order valence-electron chi connectivity index (χ4n) is 3.50. The number of nitrogens with zero attached hydrogens (tertiary/aromatic N) is 1. The van der Waals surface area contributed by atoms with Crippen molar-refractivity contribution in [3.05, 3.63) is 35.4 Å². The van der Waals surface area contributed by atoms with Gasteiger partial charge in [-0.15, -0.1) is 0 Å². The van der Waals surface area contributed by atoms with Crippen LogP contribution >= 0.6 is 0 Å². The molecule has 1 aliphatic heterocycles. The van der Waals surface area contributed by atoms with Gasteiger partial charge in [-0.05, 0) is 30.9 Å². The molecular formula is C15H20N2O. The number of carbonyl (C=O) groups excluding carboxylic acids is 1. The number of benzene rings is 1. The van der Waals surface area contributed by atoms with Crippen molar-refractivity contribution in [2.75, 3.05) is 13.1 Å². The number of hydrogen-bond acceptors (Lipinski definition) is 2. The van der Waals surface area contributed by atoms with E-state index >= 15 is 0 Å². The van der Waals surface area contributed by atoms with Crippen molar-refractivity contribution in [3.8, 4) is 0 Å². The van der Waals surface area contributed by atoms with Gasteiger partial charge in [-0.2, -0.15) is 0 Å². The second-order valence-electron chi connectivity index (χ2n) is 5.50. The highest BCUT2D eigenvalue weighted by atomic mass is 16.2. The fraction of sp³-hybridized carbons (Fsp3) is 0.533. The zero-order valence-electron chi connectivity index (χ0n) is 10.7. The van der Waals surface area contributed by atoms with Crippen LogP contribution in [0.4, 0.5) is 0 Å². The highest BCUT2D eigenvalue weighted by Gasteiger charge is 2.42. The summed E-state index contributed by atoms with van der Waals surface area (Å²) >= 11 is 0. The van der Waals surface area contributed by atoms with Gasteiger partial charge < -0.3 is 10.6 Å². The molecule has 3 heteroatoms. The number of fused-ring (bicyclic) bond motifs is 1. The first kappa shape index (κ1) is 11.7. The van der Waals surface area contributed by atoms with Crippen LogP contribution in [0.1, 0.15) is 41.6 Å². The van der Waals surface area contributed by atoms with Crippen molar-refractivity contribution in [3.63, 3.8) is 0 Å². The molecule has 2 aliphatic rings. The molecule has 1 amide bonds. The second-order valence-corrected chi connectivity index (χ2v) is 5.50. The molecule has 1 heterocycles. The second kappa shape index (κ2) is 4.39. The average molecular weight is 244 g/mol. The first-order valence-corrected chi connectivity index (χ1v) is 6.87. The van der Waals surface area contributed by atoms with Crippen molar-refractivity contribution < 1.29 is 4.79 Å². The van der Waals surface area contributed by atoms with Crippen LogP contribution in [-0.2, 0) is 6.42 Å². The number of nitrogens with two attached hydrogens (primary N) is 1. The number of hydrogen-bond donors (Lipinski definition) is 1. The molecule has 2 N–H and O–H groups in total. The molecule has 18 heavy (non-hydrogen) atoms. The predicted octanol–water partition coefficient (Wildman–Crippen LogP) is 1.96. The molecule has 1 fully saturated rings. The third-order valence-electron chi connectivity index (χ3n) is 4.58. The lowest BCUT2D eigenvalue weighted by Crippen LogP contribution is -2.56. The molecular weight excluding hydrogens is 224 g/mol. The zero-order valence-corrected chi connectivity index (χ0v) is 10.7. The van der Waals surface area contributed by atoms with Crippen LogP contribution in [0.5, 0.6) is 0 Å². The summed E-state index contributed by atoms with van der Waals surface area (Å²) < 4.78 is 0. The fourth-order valence-corrected chi connectivity index (χ4v) is 3.50. The molecule has 0 bridgehead atoms. The molecule has 0 radical (unpaired) electrons. The number of carbonyl (C=O) groups is 1. The minimum Gasteiger partial charge on any atom is -0.331 e. The highest BCUT2D eigenvalue weighted by Crippen LogP contribution is 2.37. The Hall–Kier alpha value is -1.35. The van der Waals surface area contributed by atoms with Crippen molar-refractivity contribution in [2.45, 2.75) is 37.6 Å². The van der Waals surface area contributed by atoms with E-state index in [1.165, 1.54) is 18.4 Å². The molecule has 0 atom stereocenters. The van der Waals surface area contributed by atoms with E-state index in [0.29, 0.717) is 6.54 Å². The van der Waals surface area contributed by atoms with E-state index in [2.05, 4.69) is 11.0 Å². The van der Waals surface area contributed by atoms with Gasteiger partial charge in [-0.25, -0.2) is 0 Å². The lowest BCUT2D eigenvalue weighted by atomic mass is 9.89. The first-order valence-electron chi connectivity index (χ1n) is 6.87. The summed E-state index contributed by atoms with van der Waals surface area (Å²) in [7, 11) is 0. The van der Waals surface area contributed by atoms with Crippen molar-refractivity contribution in [1.29, 1.82) is 0 Å². The SMILES string of the molecule is NCC1(N2CCc3ccccc3C2=O)CCCC1. The van der Waals surface area contributed by atoms with E-state index in [1.807, 2.05) is 18.2 Å². The lowest BCUT2D eigenvalue weighted by molar-refractivity contribution is 0.0475. The van der Waals surface area contributed by atoms with Crippen molar-refractivity contribution >= 4 is 5.91 Å². The summed E-state index contributed by atoms with van der Waals surface area (Å²) in [5, 5.41) is 0. The van der Waals surface area contributed by atoms with Gasteiger partial charge in [0.05, 0.1) is 5.54 Å². The molecule has 0 saturated heterocycles. The van der Waals surface area contributed by atoms with E-state index in [1.54, 1.807) is 0 Å². The molecule has 1 aliphatic carbocycles. The van der Waals surface area contributed by atoms with Crippen LogP contribution in [0.3, 0.4) is 0 Å². The molecule has 1 saturated carbocycles. The van der Waals surface area contributed by atoms with Crippen LogP contribution in [0.15, 0.2) is 24.3 Å². The molecule has 96 valence electrons. The van der Waals surface area contributed by atoms with E-state index in [0.717, 1.165) is 31.4 Å². The number of rotatable bonds is 2.